The molecule has 0 saturated carbocycles. The lowest BCUT2D eigenvalue weighted by Gasteiger charge is -1.93. The van der Waals surface area contributed by atoms with E-state index < -0.39 is 0 Å². The highest BCUT2D eigenvalue weighted by Crippen LogP contribution is 2.25. The molecule has 3 rings (SSSR count). The fourth-order valence-corrected chi connectivity index (χ4v) is 2.04. The van der Waals surface area contributed by atoms with Crippen molar-refractivity contribution in [1.29, 1.82) is 0 Å². The van der Waals surface area contributed by atoms with Gasteiger partial charge >= 0.3 is 0 Å². The second-order valence-electron chi connectivity index (χ2n) is 3.33. The summed E-state index contributed by atoms with van der Waals surface area (Å²) in [7, 11) is 0. The summed E-state index contributed by atoms with van der Waals surface area (Å²) in [5.41, 5.74) is 0.598. The van der Waals surface area contributed by atoms with Crippen molar-refractivity contribution in [2.45, 2.75) is 0 Å². The zero-order valence-electron chi connectivity index (χ0n) is 8.57. The Kier molecular flexibility index (Phi) is 2.34. The van der Waals surface area contributed by atoms with Crippen LogP contribution in [0, 0.1) is 0 Å². The largest absolute Gasteiger partial charge is 0.506 e. The molecule has 6 heteroatoms. The van der Waals surface area contributed by atoms with Gasteiger partial charge in [-0.3, -0.25) is 4.98 Å². The first-order valence-corrected chi connectivity index (χ1v) is 5.73. The topological polar surface area (TPSA) is 72.0 Å². The minimum absolute atomic E-state index is 0.0679. The summed E-state index contributed by atoms with van der Waals surface area (Å²) in [5.74, 6) is 0.952. The molecule has 3 aromatic heterocycles. The van der Waals surface area contributed by atoms with Crippen LogP contribution in [0.1, 0.15) is 0 Å². The second kappa shape index (κ2) is 3.99. The van der Waals surface area contributed by atoms with Crippen LogP contribution >= 0.6 is 11.3 Å². The first kappa shape index (κ1) is 9.98. The van der Waals surface area contributed by atoms with E-state index in [0.29, 0.717) is 17.3 Å². The molecule has 0 amide bonds. The van der Waals surface area contributed by atoms with E-state index >= 15 is 0 Å². The van der Waals surface area contributed by atoms with Crippen LogP contribution in [0.2, 0.25) is 0 Å². The summed E-state index contributed by atoms with van der Waals surface area (Å²) in [6, 6.07) is 5.37. The van der Waals surface area contributed by atoms with E-state index in [4.69, 9.17) is 4.52 Å². The van der Waals surface area contributed by atoms with Gasteiger partial charge < -0.3 is 9.63 Å². The Bertz CT molecular complexity index is 634. The fourth-order valence-electron chi connectivity index (χ4n) is 1.39. The van der Waals surface area contributed by atoms with Gasteiger partial charge in [0.2, 0.25) is 5.82 Å². The first-order chi connectivity index (χ1) is 8.33. The van der Waals surface area contributed by atoms with Crippen molar-refractivity contribution in [3.63, 3.8) is 0 Å². The van der Waals surface area contributed by atoms with Crippen molar-refractivity contribution >= 4 is 11.3 Å². The molecule has 0 bridgehead atoms. The molecule has 0 aromatic carbocycles. The maximum Gasteiger partial charge on any atom is 0.259 e. The normalized spacial score (nSPS) is 10.6. The number of hydrogen-bond acceptors (Lipinski definition) is 6. The summed E-state index contributed by atoms with van der Waals surface area (Å²) in [4.78, 5) is 9.04. The first-order valence-electron chi connectivity index (χ1n) is 4.85. The van der Waals surface area contributed by atoms with Gasteiger partial charge in [0.05, 0.1) is 16.6 Å². The molecule has 0 saturated heterocycles. The molecule has 0 spiro atoms. The molecule has 0 fully saturated rings. The quantitative estimate of drug-likeness (QED) is 0.751. The molecule has 0 radical (unpaired) electrons. The van der Waals surface area contributed by atoms with Crippen molar-refractivity contribution in [2.24, 2.45) is 0 Å². The van der Waals surface area contributed by atoms with Crippen LogP contribution in [-0.2, 0) is 0 Å². The number of thiophene rings is 1. The van der Waals surface area contributed by atoms with Gasteiger partial charge in [0.1, 0.15) is 5.75 Å². The van der Waals surface area contributed by atoms with Gasteiger partial charge in [-0.05, 0) is 17.5 Å². The number of rotatable bonds is 2. The summed E-state index contributed by atoms with van der Waals surface area (Å²) >= 11 is 1.54. The molecule has 0 atom stereocenters. The van der Waals surface area contributed by atoms with E-state index in [1.54, 1.807) is 6.20 Å². The van der Waals surface area contributed by atoms with E-state index in [1.807, 2.05) is 17.5 Å². The van der Waals surface area contributed by atoms with Gasteiger partial charge in [-0.15, -0.1) is 11.3 Å². The van der Waals surface area contributed by atoms with Crippen molar-refractivity contribution in [3.05, 3.63) is 36.0 Å². The number of pyridine rings is 1. The summed E-state index contributed by atoms with van der Waals surface area (Å²) in [5, 5.41) is 15.1. The van der Waals surface area contributed by atoms with Crippen molar-refractivity contribution in [2.75, 3.05) is 0 Å². The van der Waals surface area contributed by atoms with E-state index in [2.05, 4.69) is 15.1 Å². The SMILES string of the molecule is Oc1cncc(-c2nc(-c3cccs3)no2)c1. The number of aromatic nitrogens is 3. The molecule has 0 aliphatic heterocycles. The molecule has 0 unspecified atom stereocenters. The monoisotopic (exact) mass is 245 g/mol. The molecule has 5 nitrogen and oxygen atoms in total. The molecule has 1 N–H and O–H groups in total. The van der Waals surface area contributed by atoms with Crippen LogP contribution < -0.4 is 0 Å². The van der Waals surface area contributed by atoms with Crippen LogP contribution in [0.4, 0.5) is 0 Å². The molecular formula is C11H7N3O2S. The number of aromatic hydroxyl groups is 1. The molecular weight excluding hydrogens is 238 g/mol. The Balaban J connectivity index is 2.01. The predicted octanol–water partition coefficient (Wildman–Crippen LogP) is 2.57. The lowest BCUT2D eigenvalue weighted by molar-refractivity contribution is 0.431. The van der Waals surface area contributed by atoms with Gasteiger partial charge in [0.15, 0.2) is 0 Å². The summed E-state index contributed by atoms with van der Waals surface area (Å²) in [6.07, 6.45) is 2.91. The Morgan fingerprint density at radius 3 is 3.00 bits per heavy atom. The number of hydrogen-bond donors (Lipinski definition) is 1. The Morgan fingerprint density at radius 2 is 2.24 bits per heavy atom. The average molecular weight is 245 g/mol. The molecule has 17 heavy (non-hydrogen) atoms. The van der Waals surface area contributed by atoms with Crippen molar-refractivity contribution < 1.29 is 9.63 Å². The maximum absolute atomic E-state index is 9.31. The summed E-state index contributed by atoms with van der Waals surface area (Å²) in [6.45, 7) is 0. The molecule has 84 valence electrons. The predicted molar refractivity (Wildman–Crippen MR) is 62.5 cm³/mol. The van der Waals surface area contributed by atoms with Crippen LogP contribution in [0.15, 0.2) is 40.5 Å². The highest BCUT2D eigenvalue weighted by atomic mass is 32.1. The Morgan fingerprint density at radius 1 is 1.29 bits per heavy atom. The van der Waals surface area contributed by atoms with Gasteiger partial charge in [0.25, 0.3) is 5.89 Å². The molecule has 0 aliphatic rings. The van der Waals surface area contributed by atoms with Crippen LogP contribution in [0.3, 0.4) is 0 Å². The fraction of sp³-hybridized carbons (Fsp3) is 0. The second-order valence-corrected chi connectivity index (χ2v) is 4.28. The van der Waals surface area contributed by atoms with Crippen LogP contribution in [0.5, 0.6) is 5.75 Å². The lowest BCUT2D eigenvalue weighted by atomic mass is 10.3. The van der Waals surface area contributed by atoms with Crippen LogP contribution in [0.25, 0.3) is 22.2 Å². The maximum atomic E-state index is 9.31. The highest BCUT2D eigenvalue weighted by molar-refractivity contribution is 7.13. The van der Waals surface area contributed by atoms with E-state index in [9.17, 15) is 5.11 Å². The minimum Gasteiger partial charge on any atom is -0.506 e. The van der Waals surface area contributed by atoms with E-state index in [1.165, 1.54) is 23.6 Å². The minimum atomic E-state index is 0.0679. The third-order valence-electron chi connectivity index (χ3n) is 2.14. The lowest BCUT2D eigenvalue weighted by Crippen LogP contribution is -1.80. The standard InChI is InChI=1S/C11H7N3O2S/c15-8-4-7(5-12-6-8)11-13-10(14-16-11)9-2-1-3-17-9/h1-6,15H. The van der Waals surface area contributed by atoms with Crippen molar-refractivity contribution in [1.82, 2.24) is 15.1 Å². The number of nitrogens with zero attached hydrogens (tertiary/aromatic N) is 3. The van der Waals surface area contributed by atoms with E-state index in [-0.39, 0.29) is 5.75 Å². The Labute approximate surface area is 100 Å². The molecule has 0 aliphatic carbocycles. The van der Waals surface area contributed by atoms with Gasteiger partial charge in [-0.25, -0.2) is 0 Å². The highest BCUT2D eigenvalue weighted by Gasteiger charge is 2.11. The van der Waals surface area contributed by atoms with Gasteiger partial charge in [-0.2, -0.15) is 4.98 Å². The third kappa shape index (κ3) is 1.90. The average Bonchev–Trinajstić information content (AvgIpc) is 3.00. The van der Waals surface area contributed by atoms with Crippen molar-refractivity contribution in [3.8, 4) is 27.9 Å². The summed E-state index contributed by atoms with van der Waals surface area (Å²) < 4.78 is 5.12. The van der Waals surface area contributed by atoms with E-state index in [0.717, 1.165) is 4.88 Å². The molecule has 3 aromatic rings. The Hall–Kier alpha value is -2.21. The molecule has 3 heterocycles. The third-order valence-corrected chi connectivity index (χ3v) is 3.00. The van der Waals surface area contributed by atoms with Crippen LogP contribution in [-0.4, -0.2) is 20.2 Å². The van der Waals surface area contributed by atoms with Gasteiger partial charge in [0, 0.05) is 6.20 Å². The van der Waals surface area contributed by atoms with Gasteiger partial charge in [-0.1, -0.05) is 11.2 Å². The zero-order valence-corrected chi connectivity index (χ0v) is 9.39. The smallest absolute Gasteiger partial charge is 0.259 e. The zero-order chi connectivity index (χ0) is 11.7.